The Balaban J connectivity index is 1.63. The number of ether oxygens (including phenoxy) is 1. The zero-order valence-electron chi connectivity index (χ0n) is 14.7. The van der Waals surface area contributed by atoms with Crippen LogP contribution in [0.4, 0.5) is 5.69 Å². The average molecular weight is 523 g/mol. The molecule has 8 nitrogen and oxygen atoms in total. The fraction of sp³-hybridized carbons (Fsp3) is 0.0526. The Morgan fingerprint density at radius 3 is 2.48 bits per heavy atom. The molecule has 0 radical (unpaired) electrons. The highest BCUT2D eigenvalue weighted by Gasteiger charge is 2.11. The molecule has 0 fully saturated rings. The van der Waals surface area contributed by atoms with Crippen LogP contribution in [0, 0.1) is 10.1 Å². The van der Waals surface area contributed by atoms with Crippen LogP contribution < -0.4 is 10.2 Å². The third-order valence-corrected chi connectivity index (χ3v) is 4.85. The number of carbonyl (C=O) groups is 1. The number of hydrogen-bond donors (Lipinski definition) is 1. The molecule has 1 amide bonds. The zero-order valence-corrected chi connectivity index (χ0v) is 17.8. The summed E-state index contributed by atoms with van der Waals surface area (Å²) in [5, 5.41) is 14.6. The van der Waals surface area contributed by atoms with Crippen LogP contribution >= 0.6 is 31.9 Å². The molecule has 3 aromatic rings. The van der Waals surface area contributed by atoms with Gasteiger partial charge in [0.25, 0.3) is 5.69 Å². The summed E-state index contributed by atoms with van der Waals surface area (Å²) in [6, 6.07) is 12.8. The molecule has 0 bridgehead atoms. The Bertz CT molecular complexity index is 1030. The highest BCUT2D eigenvalue weighted by molar-refractivity contribution is 9.11. The van der Waals surface area contributed by atoms with Crippen LogP contribution in [0.3, 0.4) is 0 Å². The quantitative estimate of drug-likeness (QED) is 0.265. The van der Waals surface area contributed by atoms with E-state index in [4.69, 9.17) is 9.15 Å². The maximum atomic E-state index is 11.8. The Hall–Kier alpha value is -2.98. The van der Waals surface area contributed by atoms with E-state index in [1.807, 2.05) is 0 Å². The number of nitro benzene ring substituents is 1. The summed E-state index contributed by atoms with van der Waals surface area (Å²) in [6.45, 7) is 0.238. The minimum atomic E-state index is -0.451. The highest BCUT2D eigenvalue weighted by atomic mass is 79.9. The lowest BCUT2D eigenvalue weighted by Gasteiger charge is -2.11. The van der Waals surface area contributed by atoms with Crippen molar-refractivity contribution in [3.05, 3.63) is 90.7 Å². The molecule has 148 valence electrons. The Kier molecular flexibility index (Phi) is 6.78. The minimum absolute atomic E-state index is 0.0267. The van der Waals surface area contributed by atoms with Gasteiger partial charge < -0.3 is 9.15 Å². The van der Waals surface area contributed by atoms with E-state index >= 15 is 0 Å². The molecule has 1 N–H and O–H groups in total. The van der Waals surface area contributed by atoms with Crippen molar-refractivity contribution in [2.24, 2.45) is 5.10 Å². The highest BCUT2D eigenvalue weighted by Crippen LogP contribution is 2.35. The summed E-state index contributed by atoms with van der Waals surface area (Å²) >= 11 is 6.89. The number of amides is 1. The molecule has 0 saturated heterocycles. The van der Waals surface area contributed by atoms with Crippen molar-refractivity contribution in [1.29, 1.82) is 0 Å². The van der Waals surface area contributed by atoms with Gasteiger partial charge in [-0.25, -0.2) is 5.43 Å². The van der Waals surface area contributed by atoms with Crippen LogP contribution in [0.15, 0.2) is 73.3 Å². The van der Waals surface area contributed by atoms with Gasteiger partial charge in [-0.3, -0.25) is 14.9 Å². The first-order chi connectivity index (χ1) is 13.9. The number of hydrazone groups is 1. The number of non-ortho nitro benzene ring substituents is 1. The molecule has 1 aromatic heterocycles. The van der Waals surface area contributed by atoms with Crippen LogP contribution in [0.2, 0.25) is 0 Å². The second-order valence-electron chi connectivity index (χ2n) is 5.70. The summed E-state index contributed by atoms with van der Waals surface area (Å²) in [5.74, 6) is 0.284. The molecule has 3 rings (SSSR count). The summed E-state index contributed by atoms with van der Waals surface area (Å²) in [7, 11) is 0. The molecule has 0 aliphatic heterocycles. The number of carbonyl (C=O) groups excluding carboxylic acids is 1. The van der Waals surface area contributed by atoms with Crippen LogP contribution in [0.5, 0.6) is 5.75 Å². The zero-order chi connectivity index (χ0) is 20.8. The molecule has 1 heterocycles. The first-order valence-electron chi connectivity index (χ1n) is 8.16. The van der Waals surface area contributed by atoms with Crippen molar-refractivity contribution in [3.8, 4) is 5.75 Å². The van der Waals surface area contributed by atoms with E-state index in [1.54, 1.807) is 30.3 Å². The largest absolute Gasteiger partial charge is 0.487 e. The predicted octanol–water partition coefficient (Wildman–Crippen LogP) is 5.06. The molecule has 29 heavy (non-hydrogen) atoms. The number of nitro groups is 1. The van der Waals surface area contributed by atoms with E-state index in [2.05, 4.69) is 42.4 Å². The first kappa shape index (κ1) is 20.7. The van der Waals surface area contributed by atoms with E-state index < -0.39 is 10.8 Å². The van der Waals surface area contributed by atoms with Gasteiger partial charge in [-0.05, 0) is 79.4 Å². The summed E-state index contributed by atoms with van der Waals surface area (Å²) in [5.41, 5.74) is 3.91. The van der Waals surface area contributed by atoms with E-state index in [9.17, 15) is 14.9 Å². The van der Waals surface area contributed by atoms with Gasteiger partial charge in [0.2, 0.25) is 0 Å². The molecule has 0 aliphatic carbocycles. The topological polar surface area (TPSA) is 107 Å². The molecule has 2 aromatic carbocycles. The predicted molar refractivity (Wildman–Crippen MR) is 113 cm³/mol. The smallest absolute Gasteiger partial charge is 0.307 e. The standard InChI is InChI=1S/C19H13Br2N3O5/c20-15-8-13(10-22-23-19(25)17-2-1-7-28-17)9-16(21)18(15)29-11-12-3-5-14(6-4-12)24(26)27/h1-10H,11H2,(H,23,25)/b22-10-. The second-order valence-corrected chi connectivity index (χ2v) is 7.41. The van der Waals surface area contributed by atoms with Crippen molar-refractivity contribution in [3.63, 3.8) is 0 Å². The first-order valence-corrected chi connectivity index (χ1v) is 9.74. The van der Waals surface area contributed by atoms with Crippen LogP contribution in [0.1, 0.15) is 21.7 Å². The van der Waals surface area contributed by atoms with Gasteiger partial charge in [0.05, 0.1) is 26.3 Å². The number of furan rings is 1. The number of rotatable bonds is 7. The third-order valence-electron chi connectivity index (χ3n) is 3.68. The molecule has 0 aliphatic rings. The van der Waals surface area contributed by atoms with Crippen molar-refractivity contribution < 1.29 is 18.9 Å². The van der Waals surface area contributed by atoms with Crippen molar-refractivity contribution >= 4 is 49.7 Å². The second kappa shape index (κ2) is 9.48. The number of nitrogens with one attached hydrogen (secondary N) is 1. The van der Waals surface area contributed by atoms with E-state index in [0.29, 0.717) is 20.3 Å². The maximum absolute atomic E-state index is 11.8. The van der Waals surface area contributed by atoms with E-state index in [0.717, 1.165) is 5.56 Å². The fourth-order valence-corrected chi connectivity index (χ4v) is 3.74. The lowest BCUT2D eigenvalue weighted by molar-refractivity contribution is -0.384. The van der Waals surface area contributed by atoms with Crippen molar-refractivity contribution in [2.45, 2.75) is 6.61 Å². The number of hydrogen-bond acceptors (Lipinski definition) is 6. The third kappa shape index (κ3) is 5.52. The monoisotopic (exact) mass is 521 g/mol. The molecule has 0 unspecified atom stereocenters. The Labute approximate surface area is 182 Å². The number of nitrogens with zero attached hydrogens (tertiary/aromatic N) is 2. The van der Waals surface area contributed by atoms with Crippen molar-refractivity contribution in [2.75, 3.05) is 0 Å². The Morgan fingerprint density at radius 2 is 1.90 bits per heavy atom. The van der Waals surface area contributed by atoms with Crippen LogP contribution in [-0.2, 0) is 6.61 Å². The lowest BCUT2D eigenvalue weighted by atomic mass is 10.2. The van der Waals surface area contributed by atoms with Gasteiger partial charge in [-0.2, -0.15) is 5.10 Å². The average Bonchev–Trinajstić information content (AvgIpc) is 3.22. The summed E-state index contributed by atoms with van der Waals surface area (Å²) < 4.78 is 12.1. The van der Waals surface area contributed by atoms with Gasteiger partial charge >= 0.3 is 5.91 Å². The van der Waals surface area contributed by atoms with Crippen molar-refractivity contribution in [1.82, 2.24) is 5.43 Å². The number of benzene rings is 2. The van der Waals surface area contributed by atoms with Gasteiger partial charge in [-0.15, -0.1) is 0 Å². The fourth-order valence-electron chi connectivity index (χ4n) is 2.29. The van der Waals surface area contributed by atoms with Gasteiger partial charge in [0, 0.05) is 12.1 Å². The lowest BCUT2D eigenvalue weighted by Crippen LogP contribution is -2.16. The van der Waals surface area contributed by atoms with Gasteiger partial charge in [0.15, 0.2) is 5.76 Å². The van der Waals surface area contributed by atoms with Crippen LogP contribution in [-0.4, -0.2) is 17.0 Å². The molecule has 0 saturated carbocycles. The molecule has 0 spiro atoms. The van der Waals surface area contributed by atoms with E-state index in [-0.39, 0.29) is 18.1 Å². The van der Waals surface area contributed by atoms with Crippen LogP contribution in [0.25, 0.3) is 0 Å². The molecular weight excluding hydrogens is 510 g/mol. The van der Waals surface area contributed by atoms with Gasteiger partial charge in [0.1, 0.15) is 12.4 Å². The normalized spacial score (nSPS) is 10.8. The molecule has 0 atom stereocenters. The minimum Gasteiger partial charge on any atom is -0.487 e. The van der Waals surface area contributed by atoms with E-state index in [1.165, 1.54) is 30.7 Å². The summed E-state index contributed by atoms with van der Waals surface area (Å²) in [4.78, 5) is 22.0. The maximum Gasteiger partial charge on any atom is 0.307 e. The SMILES string of the molecule is O=C(N/N=C\c1cc(Br)c(OCc2ccc([N+](=O)[O-])cc2)c(Br)c1)c1ccco1. The Morgan fingerprint density at radius 1 is 1.21 bits per heavy atom. The molecule has 10 heteroatoms. The van der Waals surface area contributed by atoms with Gasteiger partial charge in [-0.1, -0.05) is 0 Å². The number of halogens is 2. The summed E-state index contributed by atoms with van der Waals surface area (Å²) in [6.07, 6.45) is 2.89. The molecular formula is C19H13Br2N3O5.